The summed E-state index contributed by atoms with van der Waals surface area (Å²) in [5.41, 5.74) is 0.531. The smallest absolute Gasteiger partial charge is 0.337 e. The Kier molecular flexibility index (Phi) is 8.28. The number of nitro groups is 1. The van der Waals surface area contributed by atoms with Crippen molar-refractivity contribution in [3.8, 4) is 0 Å². The van der Waals surface area contributed by atoms with Crippen molar-refractivity contribution in [2.75, 3.05) is 50.7 Å². The molecule has 184 valence electrons. The van der Waals surface area contributed by atoms with E-state index in [2.05, 4.69) is 20.1 Å². The lowest BCUT2D eigenvalue weighted by molar-refractivity contribution is -0.384. The molecule has 0 radical (unpaired) electrons. The molecule has 0 aromatic heterocycles. The number of nitro benzene ring substituents is 1. The minimum Gasteiger partial charge on any atom is -0.465 e. The number of ether oxygens (including phenoxy) is 3. The Morgan fingerprint density at radius 2 is 1.60 bits per heavy atom. The average molecular weight is 503 g/mol. The fourth-order valence-electron chi connectivity index (χ4n) is 3.39. The van der Waals surface area contributed by atoms with Crippen LogP contribution < -0.4 is 15.5 Å². The SMILES string of the molecule is COC(=O)c1cc(NC(=S)NC(=O)c2ccc(N3CCOCC3)c([N+](=O)[O-])c2)cc(C(=O)OC)c1. The van der Waals surface area contributed by atoms with Gasteiger partial charge in [-0.2, -0.15) is 0 Å². The van der Waals surface area contributed by atoms with E-state index >= 15 is 0 Å². The van der Waals surface area contributed by atoms with Crippen LogP contribution in [-0.4, -0.2) is 68.4 Å². The molecule has 2 N–H and O–H groups in total. The number of carbonyl (C=O) groups is 3. The first-order valence-corrected chi connectivity index (χ1v) is 10.7. The molecule has 2 aromatic carbocycles. The van der Waals surface area contributed by atoms with Gasteiger partial charge in [0.05, 0.1) is 43.5 Å². The van der Waals surface area contributed by atoms with Crippen molar-refractivity contribution in [2.45, 2.75) is 0 Å². The predicted octanol–water partition coefficient (Wildman–Crippen LogP) is 2.13. The number of methoxy groups -OCH3 is 2. The van der Waals surface area contributed by atoms with Gasteiger partial charge < -0.3 is 24.4 Å². The zero-order valence-corrected chi connectivity index (χ0v) is 19.7. The summed E-state index contributed by atoms with van der Waals surface area (Å²) in [5, 5.41) is 16.6. The van der Waals surface area contributed by atoms with E-state index in [1.807, 2.05) is 4.90 Å². The topological polar surface area (TPSA) is 149 Å². The van der Waals surface area contributed by atoms with Crippen molar-refractivity contribution in [3.05, 3.63) is 63.2 Å². The van der Waals surface area contributed by atoms with E-state index in [0.29, 0.717) is 32.0 Å². The van der Waals surface area contributed by atoms with Crippen LogP contribution in [0, 0.1) is 10.1 Å². The van der Waals surface area contributed by atoms with Gasteiger partial charge in [0, 0.05) is 30.4 Å². The Morgan fingerprint density at radius 1 is 1.00 bits per heavy atom. The third-order valence-electron chi connectivity index (χ3n) is 5.05. The molecule has 2 aromatic rings. The van der Waals surface area contributed by atoms with Crippen molar-refractivity contribution in [1.82, 2.24) is 5.32 Å². The maximum atomic E-state index is 12.7. The third-order valence-corrected chi connectivity index (χ3v) is 5.25. The molecule has 1 amide bonds. The number of morpholine rings is 1. The lowest BCUT2D eigenvalue weighted by Crippen LogP contribution is -2.37. The number of esters is 2. The number of benzene rings is 2. The van der Waals surface area contributed by atoms with Gasteiger partial charge >= 0.3 is 11.9 Å². The molecule has 3 rings (SSSR count). The van der Waals surface area contributed by atoms with Crippen molar-refractivity contribution in [3.63, 3.8) is 0 Å². The highest BCUT2D eigenvalue weighted by atomic mass is 32.1. The van der Waals surface area contributed by atoms with Crippen LogP contribution >= 0.6 is 12.2 Å². The number of nitrogens with one attached hydrogen (secondary N) is 2. The Labute approximate surface area is 205 Å². The first-order chi connectivity index (χ1) is 16.7. The molecule has 0 unspecified atom stereocenters. The van der Waals surface area contributed by atoms with Crippen LogP contribution in [0.5, 0.6) is 0 Å². The molecule has 0 saturated carbocycles. The van der Waals surface area contributed by atoms with E-state index in [1.165, 1.54) is 50.6 Å². The number of nitrogens with zero attached hydrogens (tertiary/aromatic N) is 2. The second-order valence-electron chi connectivity index (χ2n) is 7.25. The van der Waals surface area contributed by atoms with Crippen LogP contribution in [0.1, 0.15) is 31.1 Å². The molecule has 1 aliphatic rings. The van der Waals surface area contributed by atoms with Crippen molar-refractivity contribution in [2.24, 2.45) is 0 Å². The van der Waals surface area contributed by atoms with E-state index in [9.17, 15) is 24.5 Å². The van der Waals surface area contributed by atoms with Crippen LogP contribution in [0.25, 0.3) is 0 Å². The molecule has 1 aliphatic heterocycles. The van der Waals surface area contributed by atoms with Crippen LogP contribution in [0.2, 0.25) is 0 Å². The van der Waals surface area contributed by atoms with Crippen LogP contribution in [0.3, 0.4) is 0 Å². The summed E-state index contributed by atoms with van der Waals surface area (Å²) in [6, 6.07) is 8.19. The Bertz CT molecular complexity index is 1150. The van der Waals surface area contributed by atoms with E-state index in [4.69, 9.17) is 17.0 Å². The zero-order chi connectivity index (χ0) is 25.5. The molecule has 1 saturated heterocycles. The third kappa shape index (κ3) is 6.28. The van der Waals surface area contributed by atoms with E-state index < -0.39 is 22.8 Å². The molecular weight excluding hydrogens is 480 g/mol. The molecule has 0 bridgehead atoms. The van der Waals surface area contributed by atoms with E-state index in [0.717, 1.165) is 0 Å². The zero-order valence-electron chi connectivity index (χ0n) is 18.9. The van der Waals surface area contributed by atoms with Crippen molar-refractivity contribution in [1.29, 1.82) is 0 Å². The van der Waals surface area contributed by atoms with Crippen LogP contribution in [-0.2, 0) is 14.2 Å². The minimum absolute atomic E-state index is 0.0245. The number of hydrogen-bond donors (Lipinski definition) is 2. The quantitative estimate of drug-likeness (QED) is 0.259. The Morgan fingerprint density at radius 3 is 2.14 bits per heavy atom. The van der Waals surface area contributed by atoms with Gasteiger partial charge in [0.25, 0.3) is 11.6 Å². The molecule has 0 atom stereocenters. The van der Waals surface area contributed by atoms with Gasteiger partial charge in [0.15, 0.2) is 5.11 Å². The number of hydrogen-bond acceptors (Lipinski definition) is 10. The highest BCUT2D eigenvalue weighted by Gasteiger charge is 2.24. The highest BCUT2D eigenvalue weighted by Crippen LogP contribution is 2.30. The van der Waals surface area contributed by atoms with Gasteiger partial charge in [-0.3, -0.25) is 20.2 Å². The summed E-state index contributed by atoms with van der Waals surface area (Å²) < 4.78 is 14.6. The molecule has 12 nitrogen and oxygen atoms in total. The first-order valence-electron chi connectivity index (χ1n) is 10.3. The van der Waals surface area contributed by atoms with Crippen LogP contribution in [0.15, 0.2) is 36.4 Å². The number of carbonyl (C=O) groups excluding carboxylic acids is 3. The van der Waals surface area contributed by atoms with Gasteiger partial charge in [-0.15, -0.1) is 0 Å². The van der Waals surface area contributed by atoms with E-state index in [-0.39, 0.29) is 33.2 Å². The molecule has 13 heteroatoms. The second-order valence-corrected chi connectivity index (χ2v) is 7.66. The fourth-order valence-corrected chi connectivity index (χ4v) is 3.60. The second kappa shape index (κ2) is 11.4. The van der Waals surface area contributed by atoms with Gasteiger partial charge in [0.2, 0.25) is 0 Å². The largest absolute Gasteiger partial charge is 0.465 e. The summed E-state index contributed by atoms with van der Waals surface area (Å²) in [5.74, 6) is -2.07. The molecular formula is C22H22N4O8S. The first kappa shape index (κ1) is 25.5. The summed E-state index contributed by atoms with van der Waals surface area (Å²) in [7, 11) is 2.38. The minimum atomic E-state index is -0.693. The maximum absolute atomic E-state index is 12.7. The number of rotatable bonds is 6. The monoisotopic (exact) mass is 502 g/mol. The van der Waals surface area contributed by atoms with Gasteiger partial charge in [-0.25, -0.2) is 9.59 Å². The lowest BCUT2D eigenvalue weighted by Gasteiger charge is -2.28. The summed E-state index contributed by atoms with van der Waals surface area (Å²) in [4.78, 5) is 49.5. The number of amides is 1. The summed E-state index contributed by atoms with van der Waals surface area (Å²) in [6.07, 6.45) is 0. The average Bonchev–Trinajstić information content (AvgIpc) is 2.87. The summed E-state index contributed by atoms with van der Waals surface area (Å²) in [6.45, 7) is 1.90. The normalized spacial score (nSPS) is 12.9. The van der Waals surface area contributed by atoms with Gasteiger partial charge in [-0.1, -0.05) is 0 Å². The maximum Gasteiger partial charge on any atom is 0.337 e. The standard InChI is InChI=1S/C22H22N4O8S/c1-32-20(28)14-9-15(21(29)33-2)11-16(10-14)23-22(35)24-19(27)13-3-4-17(18(12-13)26(30)31)25-5-7-34-8-6-25/h3-4,9-12H,5-8H2,1-2H3,(H2,23,24,27,35). The van der Waals surface area contributed by atoms with Gasteiger partial charge in [0.1, 0.15) is 5.69 Å². The Hall–Kier alpha value is -4.10. The molecule has 0 aliphatic carbocycles. The number of anilines is 2. The lowest BCUT2D eigenvalue weighted by atomic mass is 10.1. The highest BCUT2D eigenvalue weighted by molar-refractivity contribution is 7.80. The van der Waals surface area contributed by atoms with Crippen molar-refractivity contribution >= 4 is 52.2 Å². The molecule has 1 heterocycles. The summed E-state index contributed by atoms with van der Waals surface area (Å²) >= 11 is 5.17. The Balaban J connectivity index is 1.77. The molecule has 35 heavy (non-hydrogen) atoms. The fraction of sp³-hybridized carbons (Fsp3) is 0.273. The molecule has 0 spiro atoms. The van der Waals surface area contributed by atoms with Crippen LogP contribution in [0.4, 0.5) is 17.1 Å². The predicted molar refractivity (Wildman–Crippen MR) is 129 cm³/mol. The number of thiocarbonyl (C=S) groups is 1. The van der Waals surface area contributed by atoms with Gasteiger partial charge in [-0.05, 0) is 42.5 Å². The van der Waals surface area contributed by atoms with E-state index in [1.54, 1.807) is 0 Å². The van der Waals surface area contributed by atoms with Crippen molar-refractivity contribution < 1.29 is 33.5 Å². The molecule has 1 fully saturated rings.